The summed E-state index contributed by atoms with van der Waals surface area (Å²) in [6, 6.07) is 2.45. The Balaban J connectivity index is 2.38. The fraction of sp³-hybridized carbons (Fsp3) is 0.364. The molecular weight excluding hydrogens is 259 g/mol. The summed E-state index contributed by atoms with van der Waals surface area (Å²) in [5.41, 5.74) is -0.950. The van der Waals surface area contributed by atoms with E-state index in [-0.39, 0.29) is 0 Å². The minimum absolute atomic E-state index is 0.291. The van der Waals surface area contributed by atoms with E-state index >= 15 is 0 Å². The van der Waals surface area contributed by atoms with Crippen molar-refractivity contribution in [2.45, 2.75) is 20.0 Å². The first-order valence-electron chi connectivity index (χ1n) is 5.63. The lowest BCUT2D eigenvalue weighted by Gasteiger charge is -2.07. The molecule has 0 unspecified atom stereocenters. The van der Waals surface area contributed by atoms with Gasteiger partial charge in [0.25, 0.3) is 0 Å². The molecule has 0 spiro atoms. The molecule has 0 aromatic carbocycles. The lowest BCUT2D eigenvalue weighted by Crippen LogP contribution is -2.09. The molecule has 2 rings (SSSR count). The number of nitrogens with one attached hydrogen (secondary N) is 1. The fourth-order valence-corrected chi connectivity index (χ4v) is 1.54. The largest absolute Gasteiger partial charge is 0.435 e. The standard InChI is InChI=1S/C11H12F3N5/c1-3-15-9-6-10(17-7(2)16-9)19-5-4-8(18-19)11(12,13)14/h4-6H,3H2,1-2H3,(H,15,16,17). The van der Waals surface area contributed by atoms with Crippen molar-refractivity contribution in [3.63, 3.8) is 0 Å². The van der Waals surface area contributed by atoms with Gasteiger partial charge in [0.05, 0.1) is 0 Å². The molecule has 2 heterocycles. The van der Waals surface area contributed by atoms with Gasteiger partial charge in [-0.3, -0.25) is 0 Å². The quantitative estimate of drug-likeness (QED) is 0.931. The van der Waals surface area contributed by atoms with Gasteiger partial charge in [-0.2, -0.15) is 18.3 Å². The maximum atomic E-state index is 12.5. The van der Waals surface area contributed by atoms with Crippen molar-refractivity contribution in [2.24, 2.45) is 0 Å². The van der Waals surface area contributed by atoms with E-state index in [0.717, 1.165) is 10.7 Å². The first kappa shape index (κ1) is 13.3. The van der Waals surface area contributed by atoms with Crippen LogP contribution in [-0.2, 0) is 6.18 Å². The van der Waals surface area contributed by atoms with Gasteiger partial charge in [-0.15, -0.1) is 0 Å². The number of aromatic nitrogens is 4. The Bertz CT molecular complexity index is 576. The monoisotopic (exact) mass is 271 g/mol. The zero-order valence-corrected chi connectivity index (χ0v) is 10.4. The van der Waals surface area contributed by atoms with Gasteiger partial charge in [0.1, 0.15) is 11.6 Å². The van der Waals surface area contributed by atoms with Crippen LogP contribution in [0.15, 0.2) is 18.3 Å². The molecule has 1 N–H and O–H groups in total. The number of anilines is 1. The molecule has 5 nitrogen and oxygen atoms in total. The second kappa shape index (κ2) is 4.87. The van der Waals surface area contributed by atoms with E-state index in [2.05, 4.69) is 20.4 Å². The number of hydrogen-bond acceptors (Lipinski definition) is 4. The Hall–Kier alpha value is -2.12. The summed E-state index contributed by atoms with van der Waals surface area (Å²) in [4.78, 5) is 8.18. The third-order valence-electron chi connectivity index (χ3n) is 2.30. The van der Waals surface area contributed by atoms with E-state index in [0.29, 0.717) is 24.0 Å². The van der Waals surface area contributed by atoms with Crippen molar-refractivity contribution >= 4 is 5.82 Å². The molecule has 2 aromatic rings. The molecule has 0 amide bonds. The molecule has 0 aliphatic rings. The number of aryl methyl sites for hydroxylation is 1. The first-order chi connectivity index (χ1) is 8.90. The topological polar surface area (TPSA) is 55.6 Å². The van der Waals surface area contributed by atoms with Gasteiger partial charge in [0.2, 0.25) is 0 Å². The van der Waals surface area contributed by atoms with Crippen LogP contribution in [0.4, 0.5) is 19.0 Å². The summed E-state index contributed by atoms with van der Waals surface area (Å²) in [6.45, 7) is 4.22. The third kappa shape index (κ3) is 3.01. The zero-order chi connectivity index (χ0) is 14.0. The van der Waals surface area contributed by atoms with Crippen LogP contribution in [-0.4, -0.2) is 26.3 Å². The van der Waals surface area contributed by atoms with Gasteiger partial charge >= 0.3 is 6.18 Å². The van der Waals surface area contributed by atoms with Crippen molar-refractivity contribution in [1.29, 1.82) is 0 Å². The molecule has 0 radical (unpaired) electrons. The lowest BCUT2D eigenvalue weighted by atomic mass is 10.4. The van der Waals surface area contributed by atoms with Crippen LogP contribution in [0.2, 0.25) is 0 Å². The Labute approximate surface area is 107 Å². The molecule has 19 heavy (non-hydrogen) atoms. The fourth-order valence-electron chi connectivity index (χ4n) is 1.54. The predicted octanol–water partition coefficient (Wildman–Crippen LogP) is 2.42. The van der Waals surface area contributed by atoms with Gasteiger partial charge in [0.15, 0.2) is 11.5 Å². The molecular formula is C11H12F3N5. The van der Waals surface area contributed by atoms with E-state index in [9.17, 15) is 13.2 Å². The van der Waals surface area contributed by atoms with Crippen molar-refractivity contribution in [3.8, 4) is 5.82 Å². The summed E-state index contributed by atoms with van der Waals surface area (Å²) in [5, 5.41) is 6.45. The average molecular weight is 271 g/mol. The lowest BCUT2D eigenvalue weighted by molar-refractivity contribution is -0.141. The molecule has 0 aliphatic carbocycles. The number of nitrogens with zero attached hydrogens (tertiary/aromatic N) is 4. The minimum atomic E-state index is -4.46. The van der Waals surface area contributed by atoms with Crippen molar-refractivity contribution in [2.75, 3.05) is 11.9 Å². The summed E-state index contributed by atoms with van der Waals surface area (Å²) in [5.74, 6) is 1.30. The molecule has 2 aromatic heterocycles. The maximum absolute atomic E-state index is 12.5. The SMILES string of the molecule is CCNc1cc(-n2ccc(C(F)(F)F)n2)nc(C)n1. The molecule has 0 fully saturated rings. The highest BCUT2D eigenvalue weighted by Crippen LogP contribution is 2.27. The number of halogens is 3. The number of alkyl halides is 3. The van der Waals surface area contributed by atoms with E-state index in [1.165, 1.54) is 6.20 Å². The van der Waals surface area contributed by atoms with Crippen LogP contribution < -0.4 is 5.32 Å². The van der Waals surface area contributed by atoms with Gasteiger partial charge in [-0.25, -0.2) is 14.6 Å². The van der Waals surface area contributed by atoms with Gasteiger partial charge in [-0.1, -0.05) is 0 Å². The van der Waals surface area contributed by atoms with Gasteiger partial charge in [0, 0.05) is 18.8 Å². The van der Waals surface area contributed by atoms with Crippen LogP contribution >= 0.6 is 0 Å². The van der Waals surface area contributed by atoms with E-state index < -0.39 is 11.9 Å². The number of rotatable bonds is 3. The highest BCUT2D eigenvalue weighted by Gasteiger charge is 2.33. The molecule has 0 saturated heterocycles. The van der Waals surface area contributed by atoms with Crippen LogP contribution in [0.1, 0.15) is 18.4 Å². The van der Waals surface area contributed by atoms with Crippen LogP contribution in [0.5, 0.6) is 0 Å². The molecule has 0 aliphatic heterocycles. The maximum Gasteiger partial charge on any atom is 0.435 e. The highest BCUT2D eigenvalue weighted by atomic mass is 19.4. The Morgan fingerprint density at radius 3 is 2.63 bits per heavy atom. The summed E-state index contributed by atoms with van der Waals surface area (Å²) in [6.07, 6.45) is -3.24. The van der Waals surface area contributed by atoms with Crippen molar-refractivity contribution in [1.82, 2.24) is 19.7 Å². The Morgan fingerprint density at radius 2 is 2.05 bits per heavy atom. The van der Waals surface area contributed by atoms with E-state index in [4.69, 9.17) is 0 Å². The minimum Gasteiger partial charge on any atom is -0.370 e. The van der Waals surface area contributed by atoms with Crippen LogP contribution in [0.3, 0.4) is 0 Å². The van der Waals surface area contributed by atoms with Crippen LogP contribution in [0.25, 0.3) is 5.82 Å². The van der Waals surface area contributed by atoms with Crippen LogP contribution in [0, 0.1) is 6.92 Å². The van der Waals surface area contributed by atoms with E-state index in [1.54, 1.807) is 13.0 Å². The van der Waals surface area contributed by atoms with Gasteiger partial charge in [-0.05, 0) is 19.9 Å². The summed E-state index contributed by atoms with van der Waals surface area (Å²) >= 11 is 0. The van der Waals surface area contributed by atoms with Crippen molar-refractivity contribution < 1.29 is 13.2 Å². The molecule has 0 atom stereocenters. The highest BCUT2D eigenvalue weighted by molar-refractivity contribution is 5.41. The van der Waals surface area contributed by atoms with Crippen molar-refractivity contribution in [3.05, 3.63) is 29.8 Å². The second-order valence-corrected chi connectivity index (χ2v) is 3.83. The summed E-state index contributed by atoms with van der Waals surface area (Å²) < 4.78 is 38.5. The third-order valence-corrected chi connectivity index (χ3v) is 2.30. The first-order valence-corrected chi connectivity index (χ1v) is 5.63. The molecule has 8 heteroatoms. The van der Waals surface area contributed by atoms with Gasteiger partial charge < -0.3 is 5.32 Å². The molecule has 0 bridgehead atoms. The average Bonchev–Trinajstić information content (AvgIpc) is 2.77. The number of hydrogen-bond donors (Lipinski definition) is 1. The molecule has 0 saturated carbocycles. The normalized spacial score (nSPS) is 11.6. The second-order valence-electron chi connectivity index (χ2n) is 3.83. The predicted molar refractivity (Wildman–Crippen MR) is 63.1 cm³/mol. The Kier molecular flexibility index (Phi) is 3.41. The zero-order valence-electron chi connectivity index (χ0n) is 10.4. The molecule has 102 valence electrons. The Morgan fingerprint density at radius 1 is 1.32 bits per heavy atom. The smallest absolute Gasteiger partial charge is 0.370 e. The van der Waals surface area contributed by atoms with E-state index in [1.807, 2.05) is 6.92 Å². The summed E-state index contributed by atoms with van der Waals surface area (Å²) in [7, 11) is 0.